The summed E-state index contributed by atoms with van der Waals surface area (Å²) in [4.78, 5) is 11.3. The molecule has 1 aliphatic carbocycles. The molecule has 0 radical (unpaired) electrons. The lowest BCUT2D eigenvalue weighted by molar-refractivity contribution is -0.126. The summed E-state index contributed by atoms with van der Waals surface area (Å²) in [6, 6.07) is -0.211. The Labute approximate surface area is 70.9 Å². The minimum Gasteiger partial charge on any atom is -0.273 e. The van der Waals surface area contributed by atoms with Crippen LogP contribution >= 0.6 is 0 Å². The fraction of sp³-hybridized carbons (Fsp3) is 0.571. The molecule has 2 unspecified atom stereocenters. The average Bonchev–Trinajstić information content (AvgIpc) is 2.42. The van der Waals surface area contributed by atoms with E-state index in [1.807, 2.05) is 0 Å². The third-order valence-corrected chi connectivity index (χ3v) is 3.42. The van der Waals surface area contributed by atoms with Crippen LogP contribution in [0.2, 0.25) is 0 Å². The molecule has 66 valence electrons. The Hall–Kier alpha value is -0.840. The number of amides is 1. The largest absolute Gasteiger partial charge is 0.273 e. The van der Waals surface area contributed by atoms with E-state index in [2.05, 4.69) is 0 Å². The molecule has 0 saturated carbocycles. The Kier molecular flexibility index (Phi) is 1.36. The molecular weight excluding hydrogens is 178 g/mol. The van der Waals surface area contributed by atoms with Crippen LogP contribution in [0.15, 0.2) is 12.2 Å². The van der Waals surface area contributed by atoms with E-state index in [1.165, 1.54) is 0 Å². The zero-order valence-corrected chi connectivity index (χ0v) is 7.41. The van der Waals surface area contributed by atoms with Crippen molar-refractivity contribution in [2.45, 2.75) is 12.5 Å². The number of rotatable bonds is 1. The van der Waals surface area contributed by atoms with Gasteiger partial charge in [-0.05, 0) is 6.42 Å². The van der Waals surface area contributed by atoms with Crippen LogP contribution in [0.25, 0.3) is 0 Å². The van der Waals surface area contributed by atoms with Crippen molar-refractivity contribution in [2.75, 3.05) is 6.26 Å². The van der Waals surface area contributed by atoms with E-state index >= 15 is 0 Å². The fourth-order valence-corrected chi connectivity index (χ4v) is 2.88. The molecule has 12 heavy (non-hydrogen) atoms. The Morgan fingerprint density at radius 2 is 2.17 bits per heavy atom. The predicted octanol–water partition coefficient (Wildman–Crippen LogP) is -0.267. The highest BCUT2D eigenvalue weighted by molar-refractivity contribution is 7.88. The highest BCUT2D eigenvalue weighted by atomic mass is 32.2. The van der Waals surface area contributed by atoms with Crippen LogP contribution in [0.5, 0.6) is 0 Å². The first-order chi connectivity index (χ1) is 5.50. The molecule has 5 heteroatoms. The minimum atomic E-state index is -3.35. The van der Waals surface area contributed by atoms with E-state index in [9.17, 15) is 13.2 Å². The number of hydrogen-bond acceptors (Lipinski definition) is 3. The zero-order chi connectivity index (χ0) is 8.93. The second-order valence-electron chi connectivity index (χ2n) is 3.19. The van der Waals surface area contributed by atoms with Crippen molar-refractivity contribution in [3.8, 4) is 0 Å². The van der Waals surface area contributed by atoms with Crippen molar-refractivity contribution in [1.82, 2.24) is 4.31 Å². The number of sulfonamides is 1. The minimum absolute atomic E-state index is 0.190. The first-order valence-corrected chi connectivity index (χ1v) is 5.56. The monoisotopic (exact) mass is 187 g/mol. The quantitative estimate of drug-likeness (QED) is 0.531. The van der Waals surface area contributed by atoms with E-state index in [-0.39, 0.29) is 17.9 Å². The van der Waals surface area contributed by atoms with Crippen LogP contribution in [-0.2, 0) is 14.8 Å². The zero-order valence-electron chi connectivity index (χ0n) is 6.60. The molecule has 1 saturated heterocycles. The van der Waals surface area contributed by atoms with Gasteiger partial charge < -0.3 is 0 Å². The second-order valence-corrected chi connectivity index (χ2v) is 5.05. The number of carbonyl (C=O) groups is 1. The van der Waals surface area contributed by atoms with Crippen molar-refractivity contribution in [3.63, 3.8) is 0 Å². The standard InChI is InChI=1S/C7H9NO3S/c1-12(10,11)8-6-3-2-5(4-6)7(8)9/h2-3,5-6H,4H2,1H3. The Morgan fingerprint density at radius 1 is 1.50 bits per heavy atom. The van der Waals surface area contributed by atoms with Crippen molar-refractivity contribution in [1.29, 1.82) is 0 Å². The van der Waals surface area contributed by atoms with Gasteiger partial charge >= 0.3 is 0 Å². The van der Waals surface area contributed by atoms with Gasteiger partial charge in [-0.15, -0.1) is 0 Å². The van der Waals surface area contributed by atoms with Gasteiger partial charge in [-0.1, -0.05) is 12.2 Å². The third kappa shape index (κ3) is 0.891. The lowest BCUT2D eigenvalue weighted by Gasteiger charge is -2.20. The fourth-order valence-electron chi connectivity index (χ4n) is 1.77. The van der Waals surface area contributed by atoms with Crippen molar-refractivity contribution >= 4 is 15.9 Å². The van der Waals surface area contributed by atoms with Crippen LogP contribution in [-0.4, -0.2) is 30.9 Å². The summed E-state index contributed by atoms with van der Waals surface area (Å²) >= 11 is 0. The van der Waals surface area contributed by atoms with Crippen LogP contribution in [0.1, 0.15) is 6.42 Å². The smallest absolute Gasteiger partial charge is 0.243 e. The van der Waals surface area contributed by atoms with Gasteiger partial charge in [0.2, 0.25) is 15.9 Å². The van der Waals surface area contributed by atoms with E-state index in [1.54, 1.807) is 12.2 Å². The van der Waals surface area contributed by atoms with E-state index < -0.39 is 10.0 Å². The molecule has 4 nitrogen and oxygen atoms in total. The van der Waals surface area contributed by atoms with Crippen LogP contribution < -0.4 is 0 Å². The molecular formula is C7H9NO3S. The van der Waals surface area contributed by atoms with Gasteiger partial charge in [0.1, 0.15) is 0 Å². The van der Waals surface area contributed by atoms with E-state index in [0.717, 1.165) is 10.6 Å². The van der Waals surface area contributed by atoms with Crippen molar-refractivity contribution < 1.29 is 13.2 Å². The highest BCUT2D eigenvalue weighted by Gasteiger charge is 2.45. The van der Waals surface area contributed by atoms with Gasteiger partial charge in [-0.2, -0.15) is 0 Å². The summed E-state index contributed by atoms with van der Waals surface area (Å²) in [5.41, 5.74) is 0. The molecule has 1 heterocycles. The third-order valence-electron chi connectivity index (χ3n) is 2.25. The van der Waals surface area contributed by atoms with Gasteiger partial charge in [0, 0.05) is 0 Å². The van der Waals surface area contributed by atoms with E-state index in [0.29, 0.717) is 6.42 Å². The summed E-state index contributed by atoms with van der Waals surface area (Å²) in [6.07, 6.45) is 5.27. The van der Waals surface area contributed by atoms with Gasteiger partial charge in [0.05, 0.1) is 18.2 Å². The lowest BCUT2D eigenvalue weighted by atomic mass is 10.1. The molecule has 0 aromatic heterocycles. The molecule has 1 fully saturated rings. The van der Waals surface area contributed by atoms with Gasteiger partial charge in [-0.25, -0.2) is 12.7 Å². The number of hydrogen-bond donors (Lipinski definition) is 0. The first kappa shape index (κ1) is 7.79. The van der Waals surface area contributed by atoms with Crippen molar-refractivity contribution in [3.05, 3.63) is 12.2 Å². The molecule has 2 rings (SSSR count). The molecule has 1 amide bonds. The van der Waals surface area contributed by atoms with Crippen LogP contribution in [0, 0.1) is 5.92 Å². The molecule has 0 N–H and O–H groups in total. The molecule has 2 atom stereocenters. The Morgan fingerprint density at radius 3 is 2.50 bits per heavy atom. The molecule has 1 aliphatic heterocycles. The molecule has 0 spiro atoms. The summed E-state index contributed by atoms with van der Waals surface area (Å²) in [5.74, 6) is -0.463. The summed E-state index contributed by atoms with van der Waals surface area (Å²) in [7, 11) is -3.35. The lowest BCUT2D eigenvalue weighted by Crippen LogP contribution is -2.39. The first-order valence-electron chi connectivity index (χ1n) is 3.72. The summed E-state index contributed by atoms with van der Waals surface area (Å²) in [6.45, 7) is 0. The SMILES string of the molecule is CS(=O)(=O)N1C(=O)C2C=CC1C2. The molecule has 2 aliphatic rings. The average molecular weight is 187 g/mol. The topological polar surface area (TPSA) is 54.5 Å². The number of fused-ring (bicyclic) bond motifs is 2. The van der Waals surface area contributed by atoms with Gasteiger partial charge in [-0.3, -0.25) is 4.79 Å². The normalized spacial score (nSPS) is 33.4. The van der Waals surface area contributed by atoms with E-state index in [4.69, 9.17) is 0 Å². The number of nitrogens with zero attached hydrogens (tertiary/aromatic N) is 1. The second kappa shape index (κ2) is 2.10. The molecule has 0 aromatic carbocycles. The predicted molar refractivity (Wildman–Crippen MR) is 42.7 cm³/mol. The molecule has 2 bridgehead atoms. The van der Waals surface area contributed by atoms with Crippen molar-refractivity contribution in [2.24, 2.45) is 5.92 Å². The maximum atomic E-state index is 11.3. The highest BCUT2D eigenvalue weighted by Crippen LogP contribution is 2.34. The maximum absolute atomic E-state index is 11.3. The Balaban J connectivity index is 2.43. The number of carbonyl (C=O) groups excluding carboxylic acids is 1. The van der Waals surface area contributed by atoms with Gasteiger partial charge in [0.25, 0.3) is 0 Å². The van der Waals surface area contributed by atoms with Crippen LogP contribution in [0.4, 0.5) is 0 Å². The molecule has 0 aromatic rings. The van der Waals surface area contributed by atoms with Crippen LogP contribution in [0.3, 0.4) is 0 Å². The maximum Gasteiger partial charge on any atom is 0.243 e. The summed E-state index contributed by atoms with van der Waals surface area (Å²) < 4.78 is 23.2. The Bertz CT molecular complexity index is 357. The summed E-state index contributed by atoms with van der Waals surface area (Å²) in [5, 5.41) is 0. The van der Waals surface area contributed by atoms with Gasteiger partial charge in [0.15, 0.2) is 0 Å².